The van der Waals surface area contributed by atoms with E-state index in [9.17, 15) is 0 Å². The van der Waals surface area contributed by atoms with Crippen molar-refractivity contribution in [3.63, 3.8) is 0 Å². The van der Waals surface area contributed by atoms with Crippen molar-refractivity contribution in [2.45, 2.75) is 19.9 Å². The Kier molecular flexibility index (Phi) is 4.04. The number of aryl methyl sites for hydroxylation is 2. The molecule has 1 N–H and O–H groups in total. The monoisotopic (exact) mass is 263 g/mol. The smallest absolute Gasteiger partial charge is 0.130 e. The van der Waals surface area contributed by atoms with Crippen LogP contribution in [0.1, 0.15) is 29.9 Å². The van der Waals surface area contributed by atoms with Gasteiger partial charge in [0.1, 0.15) is 5.82 Å². The van der Waals surface area contributed by atoms with Crippen molar-refractivity contribution >= 4 is 11.6 Å². The number of halogens is 1. The highest BCUT2D eigenvalue weighted by Gasteiger charge is 2.18. The molecular weight excluding hydrogens is 246 g/mol. The molecule has 4 heteroatoms. The molecule has 1 aromatic heterocycles. The topological polar surface area (TPSA) is 29.9 Å². The second-order valence-corrected chi connectivity index (χ2v) is 4.82. The summed E-state index contributed by atoms with van der Waals surface area (Å²) in [6, 6.07) is 6.09. The molecule has 1 atom stereocenters. The predicted molar refractivity (Wildman–Crippen MR) is 74.9 cm³/mol. The molecule has 3 nitrogen and oxygen atoms in total. The van der Waals surface area contributed by atoms with Gasteiger partial charge in [0, 0.05) is 24.5 Å². The predicted octanol–water partition coefficient (Wildman–Crippen LogP) is 3.08. The molecule has 0 saturated heterocycles. The van der Waals surface area contributed by atoms with Gasteiger partial charge in [-0.25, -0.2) is 4.98 Å². The second kappa shape index (κ2) is 5.55. The largest absolute Gasteiger partial charge is 0.336 e. The average molecular weight is 264 g/mol. The van der Waals surface area contributed by atoms with Gasteiger partial charge in [0.05, 0.1) is 6.04 Å². The maximum Gasteiger partial charge on any atom is 0.130 e. The Balaban J connectivity index is 2.45. The summed E-state index contributed by atoms with van der Waals surface area (Å²) in [6.45, 7) is 5.06. The van der Waals surface area contributed by atoms with Crippen molar-refractivity contribution in [1.29, 1.82) is 0 Å². The summed E-state index contributed by atoms with van der Waals surface area (Å²) in [4.78, 5) is 4.44. The molecule has 96 valence electrons. The number of hydrogen-bond donors (Lipinski definition) is 1. The minimum absolute atomic E-state index is 0.104. The Bertz CT molecular complexity index is 534. The lowest BCUT2D eigenvalue weighted by Crippen LogP contribution is -2.25. The average Bonchev–Trinajstić information content (AvgIpc) is 2.73. The van der Waals surface area contributed by atoms with E-state index in [0.29, 0.717) is 0 Å². The summed E-state index contributed by atoms with van der Waals surface area (Å²) >= 11 is 6.01. The lowest BCUT2D eigenvalue weighted by Gasteiger charge is -2.20. The lowest BCUT2D eigenvalue weighted by atomic mass is 10.0. The van der Waals surface area contributed by atoms with E-state index in [-0.39, 0.29) is 6.04 Å². The summed E-state index contributed by atoms with van der Waals surface area (Å²) in [5, 5.41) is 4.25. The summed E-state index contributed by atoms with van der Waals surface area (Å²) in [6.07, 6.45) is 3.79. The zero-order chi connectivity index (χ0) is 13.1. The molecule has 0 aliphatic rings. The van der Waals surface area contributed by atoms with Gasteiger partial charge in [0.15, 0.2) is 0 Å². The minimum Gasteiger partial charge on any atom is -0.336 e. The van der Waals surface area contributed by atoms with Crippen molar-refractivity contribution in [2.24, 2.45) is 7.05 Å². The molecule has 0 aliphatic heterocycles. The quantitative estimate of drug-likeness (QED) is 0.919. The molecule has 1 aromatic carbocycles. The summed E-state index contributed by atoms with van der Waals surface area (Å²) < 4.78 is 2.04. The van der Waals surface area contributed by atoms with Gasteiger partial charge in [-0.05, 0) is 36.7 Å². The fourth-order valence-corrected chi connectivity index (χ4v) is 2.39. The van der Waals surface area contributed by atoms with E-state index in [1.807, 2.05) is 36.1 Å². The third-order valence-electron chi connectivity index (χ3n) is 3.07. The van der Waals surface area contributed by atoms with Crippen molar-refractivity contribution in [2.75, 3.05) is 6.54 Å². The van der Waals surface area contributed by atoms with Gasteiger partial charge in [0.2, 0.25) is 0 Å². The van der Waals surface area contributed by atoms with Crippen LogP contribution in [0.5, 0.6) is 0 Å². The van der Waals surface area contributed by atoms with Crippen molar-refractivity contribution in [3.05, 3.63) is 52.6 Å². The second-order valence-electron chi connectivity index (χ2n) is 4.39. The van der Waals surface area contributed by atoms with Gasteiger partial charge in [0.25, 0.3) is 0 Å². The van der Waals surface area contributed by atoms with E-state index >= 15 is 0 Å². The van der Waals surface area contributed by atoms with Crippen molar-refractivity contribution in [3.8, 4) is 0 Å². The van der Waals surface area contributed by atoms with Crippen LogP contribution >= 0.6 is 11.6 Å². The Labute approximate surface area is 113 Å². The molecule has 18 heavy (non-hydrogen) atoms. The van der Waals surface area contributed by atoms with E-state index < -0.39 is 0 Å². The lowest BCUT2D eigenvalue weighted by molar-refractivity contribution is 0.575. The molecule has 0 aliphatic carbocycles. The number of benzene rings is 1. The molecule has 0 saturated carbocycles. The Morgan fingerprint density at radius 3 is 2.78 bits per heavy atom. The van der Waals surface area contributed by atoms with E-state index in [1.54, 1.807) is 0 Å². The Morgan fingerprint density at radius 1 is 1.44 bits per heavy atom. The molecular formula is C14H18ClN3. The standard InChI is InChI=1S/C14H18ClN3/c1-4-16-13(14-17-7-8-18(14)3)12-6-5-11(15)9-10(12)2/h5-9,13,16H,4H2,1-3H3. The molecule has 0 fully saturated rings. The fourth-order valence-electron chi connectivity index (χ4n) is 2.16. The maximum atomic E-state index is 6.01. The fraction of sp³-hybridized carbons (Fsp3) is 0.357. The van der Waals surface area contributed by atoms with Gasteiger partial charge in [-0.15, -0.1) is 0 Å². The van der Waals surface area contributed by atoms with Gasteiger partial charge >= 0.3 is 0 Å². The van der Waals surface area contributed by atoms with E-state index in [1.165, 1.54) is 11.1 Å². The molecule has 1 heterocycles. The van der Waals surface area contributed by atoms with Crippen molar-refractivity contribution < 1.29 is 0 Å². The summed E-state index contributed by atoms with van der Waals surface area (Å²) in [7, 11) is 2.01. The first-order valence-electron chi connectivity index (χ1n) is 6.10. The van der Waals surface area contributed by atoms with Gasteiger partial charge in [-0.1, -0.05) is 24.6 Å². The van der Waals surface area contributed by atoms with Gasteiger partial charge < -0.3 is 9.88 Å². The van der Waals surface area contributed by atoms with Crippen LogP contribution in [0.4, 0.5) is 0 Å². The van der Waals surface area contributed by atoms with Crippen LogP contribution in [-0.4, -0.2) is 16.1 Å². The maximum absolute atomic E-state index is 6.01. The molecule has 2 aromatic rings. The van der Waals surface area contributed by atoms with E-state index in [4.69, 9.17) is 11.6 Å². The van der Waals surface area contributed by atoms with Gasteiger partial charge in [-0.2, -0.15) is 0 Å². The van der Waals surface area contributed by atoms with Crippen molar-refractivity contribution in [1.82, 2.24) is 14.9 Å². The zero-order valence-electron chi connectivity index (χ0n) is 10.9. The third-order valence-corrected chi connectivity index (χ3v) is 3.30. The normalized spacial score (nSPS) is 12.7. The number of imidazole rings is 1. The third kappa shape index (κ3) is 2.57. The Hall–Kier alpha value is -1.32. The Morgan fingerprint density at radius 2 is 2.22 bits per heavy atom. The number of nitrogens with zero attached hydrogens (tertiary/aromatic N) is 2. The summed E-state index contributed by atoms with van der Waals surface area (Å²) in [5.74, 6) is 1.02. The van der Waals surface area contributed by atoms with Crippen LogP contribution in [0.2, 0.25) is 5.02 Å². The zero-order valence-corrected chi connectivity index (χ0v) is 11.7. The minimum atomic E-state index is 0.104. The highest BCUT2D eigenvalue weighted by atomic mass is 35.5. The van der Waals surface area contributed by atoms with Crippen LogP contribution in [0, 0.1) is 6.92 Å². The molecule has 0 bridgehead atoms. The number of rotatable bonds is 4. The first kappa shape index (κ1) is 13.1. The van der Waals surface area contributed by atoms with Crippen LogP contribution in [0.25, 0.3) is 0 Å². The molecule has 0 spiro atoms. The van der Waals surface area contributed by atoms with Crippen LogP contribution < -0.4 is 5.32 Å². The SMILES string of the molecule is CCNC(c1ccc(Cl)cc1C)c1nccn1C. The molecule has 0 radical (unpaired) electrons. The van der Waals surface area contributed by atoms with Gasteiger partial charge in [-0.3, -0.25) is 0 Å². The first-order valence-corrected chi connectivity index (χ1v) is 6.48. The van der Waals surface area contributed by atoms with Crippen LogP contribution in [0.3, 0.4) is 0 Å². The molecule has 1 unspecified atom stereocenters. The van der Waals surface area contributed by atoms with Crippen LogP contribution in [-0.2, 0) is 7.05 Å². The summed E-state index contributed by atoms with van der Waals surface area (Å²) in [5.41, 5.74) is 2.40. The molecule has 2 rings (SSSR count). The highest BCUT2D eigenvalue weighted by molar-refractivity contribution is 6.30. The number of hydrogen-bond acceptors (Lipinski definition) is 2. The number of nitrogens with one attached hydrogen (secondary N) is 1. The van der Waals surface area contributed by atoms with E-state index in [2.05, 4.69) is 30.2 Å². The number of aromatic nitrogens is 2. The van der Waals surface area contributed by atoms with E-state index in [0.717, 1.165) is 17.4 Å². The molecule has 0 amide bonds. The van der Waals surface area contributed by atoms with Crippen LogP contribution in [0.15, 0.2) is 30.6 Å². The first-order chi connectivity index (χ1) is 8.63. The highest BCUT2D eigenvalue weighted by Crippen LogP contribution is 2.25.